The number of carbonyl (C=O) groups excluding carboxylic acids is 5. The van der Waals surface area contributed by atoms with Crippen molar-refractivity contribution >= 4 is 40.9 Å². The minimum absolute atomic E-state index is 0.265. The van der Waals surface area contributed by atoms with E-state index < -0.39 is 29.5 Å². The van der Waals surface area contributed by atoms with Crippen molar-refractivity contribution in [2.45, 2.75) is 6.92 Å². The number of benzene rings is 2. The van der Waals surface area contributed by atoms with Gasteiger partial charge in [0, 0.05) is 25.3 Å². The fraction of sp³-hybridized carbons (Fsp3) is 0.227. The zero-order valence-corrected chi connectivity index (χ0v) is 16.8. The molecule has 0 spiro atoms. The van der Waals surface area contributed by atoms with Crippen LogP contribution in [0.3, 0.4) is 0 Å². The van der Waals surface area contributed by atoms with E-state index in [1.54, 1.807) is 49.4 Å². The van der Waals surface area contributed by atoms with Gasteiger partial charge in [0.2, 0.25) is 5.91 Å². The van der Waals surface area contributed by atoms with Gasteiger partial charge >= 0.3 is 11.8 Å². The van der Waals surface area contributed by atoms with Gasteiger partial charge in [-0.25, -0.2) is 4.90 Å². The number of likely N-dealkylation sites (N-methyl/N-ethyl adjacent to an activating group) is 1. The molecule has 0 radical (unpaired) electrons. The first kappa shape index (κ1) is 20.3. The average Bonchev–Trinajstić information content (AvgIpc) is 3.02. The number of hydrogen-bond acceptors (Lipinski definition) is 5. The van der Waals surface area contributed by atoms with Crippen LogP contribution in [0.15, 0.2) is 48.5 Å². The fourth-order valence-corrected chi connectivity index (χ4v) is 3.69. The van der Waals surface area contributed by atoms with Gasteiger partial charge in [-0.1, -0.05) is 18.2 Å². The van der Waals surface area contributed by atoms with Gasteiger partial charge in [0.05, 0.1) is 16.8 Å². The number of imide groups is 1. The van der Waals surface area contributed by atoms with Gasteiger partial charge in [0.1, 0.15) is 6.54 Å². The van der Waals surface area contributed by atoms with Gasteiger partial charge in [-0.2, -0.15) is 0 Å². The van der Waals surface area contributed by atoms with Crippen LogP contribution >= 0.6 is 0 Å². The first-order chi connectivity index (χ1) is 14.9. The smallest absolute Gasteiger partial charge is 0.312 e. The summed E-state index contributed by atoms with van der Waals surface area (Å²) in [5.74, 6) is -2.66. The minimum Gasteiger partial charge on any atom is -0.333 e. The SMILES string of the molecule is CCN1CCN(CC(=O)Nc2cccc(N3C(=O)c4ccccc4C3=O)c2)C(=O)C1=O. The molecular formula is C22H20N4O5. The summed E-state index contributed by atoms with van der Waals surface area (Å²) in [5, 5.41) is 2.66. The van der Waals surface area contributed by atoms with E-state index in [0.717, 1.165) is 4.90 Å². The predicted molar refractivity (Wildman–Crippen MR) is 111 cm³/mol. The van der Waals surface area contributed by atoms with Crippen molar-refractivity contribution in [1.29, 1.82) is 0 Å². The Hall–Kier alpha value is -4.01. The summed E-state index contributed by atoms with van der Waals surface area (Å²) in [6.07, 6.45) is 0. The van der Waals surface area contributed by atoms with Crippen molar-refractivity contribution in [2.24, 2.45) is 0 Å². The van der Waals surface area contributed by atoms with Crippen LogP contribution in [0.2, 0.25) is 0 Å². The van der Waals surface area contributed by atoms with E-state index in [1.165, 1.54) is 15.9 Å². The Kier molecular flexibility index (Phi) is 5.24. The third-order valence-corrected chi connectivity index (χ3v) is 5.30. The molecule has 0 aromatic heterocycles. The first-order valence-corrected chi connectivity index (χ1v) is 9.86. The Labute approximate surface area is 178 Å². The molecule has 0 bridgehead atoms. The van der Waals surface area contributed by atoms with Crippen molar-refractivity contribution in [1.82, 2.24) is 9.80 Å². The molecule has 0 unspecified atom stereocenters. The van der Waals surface area contributed by atoms with Crippen LogP contribution in [0.1, 0.15) is 27.6 Å². The van der Waals surface area contributed by atoms with Crippen LogP contribution in [0.4, 0.5) is 11.4 Å². The molecule has 4 rings (SSSR count). The van der Waals surface area contributed by atoms with E-state index >= 15 is 0 Å². The summed E-state index contributed by atoms with van der Waals surface area (Å²) in [7, 11) is 0. The third kappa shape index (κ3) is 3.65. The lowest BCUT2D eigenvalue weighted by molar-refractivity contribution is -0.156. The molecule has 2 aliphatic rings. The largest absolute Gasteiger partial charge is 0.333 e. The number of piperazine rings is 1. The topological polar surface area (TPSA) is 107 Å². The van der Waals surface area contributed by atoms with E-state index in [-0.39, 0.29) is 13.1 Å². The van der Waals surface area contributed by atoms with Crippen LogP contribution in [0.5, 0.6) is 0 Å². The van der Waals surface area contributed by atoms with Crippen LogP contribution in [0, 0.1) is 0 Å². The first-order valence-electron chi connectivity index (χ1n) is 9.86. The molecule has 0 saturated carbocycles. The minimum atomic E-state index is -0.706. The van der Waals surface area contributed by atoms with Crippen molar-refractivity contribution < 1.29 is 24.0 Å². The number of carbonyl (C=O) groups is 5. The molecular weight excluding hydrogens is 400 g/mol. The molecule has 31 heavy (non-hydrogen) atoms. The Balaban J connectivity index is 1.46. The molecule has 2 aliphatic heterocycles. The molecule has 2 aromatic rings. The van der Waals surface area contributed by atoms with E-state index in [1.807, 2.05) is 0 Å². The van der Waals surface area contributed by atoms with E-state index in [0.29, 0.717) is 35.6 Å². The average molecular weight is 420 g/mol. The lowest BCUT2D eigenvalue weighted by atomic mass is 10.1. The standard InChI is InChI=1S/C22H20N4O5/c1-2-24-10-11-25(22(31)21(24)30)13-18(27)23-14-6-5-7-15(12-14)26-19(28)16-8-3-4-9-17(16)20(26)29/h3-9,12H,2,10-11,13H2,1H3,(H,23,27). The quantitative estimate of drug-likeness (QED) is 0.576. The van der Waals surface area contributed by atoms with Crippen LogP contribution in [-0.2, 0) is 14.4 Å². The normalized spacial score (nSPS) is 16.1. The number of amides is 5. The molecule has 2 heterocycles. The van der Waals surface area contributed by atoms with Crippen LogP contribution in [-0.4, -0.2) is 65.5 Å². The van der Waals surface area contributed by atoms with Crippen molar-refractivity contribution in [3.63, 3.8) is 0 Å². The summed E-state index contributed by atoms with van der Waals surface area (Å²) in [6, 6.07) is 12.9. The zero-order valence-electron chi connectivity index (χ0n) is 16.8. The second-order valence-electron chi connectivity index (χ2n) is 7.20. The molecule has 9 nitrogen and oxygen atoms in total. The molecule has 158 valence electrons. The van der Waals surface area contributed by atoms with E-state index in [4.69, 9.17) is 0 Å². The van der Waals surface area contributed by atoms with Crippen molar-refractivity contribution in [2.75, 3.05) is 36.4 Å². The Morgan fingerprint density at radius 2 is 1.45 bits per heavy atom. The summed E-state index contributed by atoms with van der Waals surface area (Å²) in [6.45, 7) is 2.62. The highest BCUT2D eigenvalue weighted by atomic mass is 16.2. The molecule has 5 amide bonds. The lowest BCUT2D eigenvalue weighted by Gasteiger charge is -2.32. The van der Waals surface area contributed by atoms with E-state index in [9.17, 15) is 24.0 Å². The molecule has 1 fully saturated rings. The highest BCUT2D eigenvalue weighted by molar-refractivity contribution is 6.36. The third-order valence-electron chi connectivity index (χ3n) is 5.30. The monoisotopic (exact) mass is 420 g/mol. The molecule has 0 atom stereocenters. The Morgan fingerprint density at radius 3 is 2.10 bits per heavy atom. The highest BCUT2D eigenvalue weighted by Gasteiger charge is 2.36. The fourth-order valence-electron chi connectivity index (χ4n) is 3.69. The maximum Gasteiger partial charge on any atom is 0.312 e. The van der Waals surface area contributed by atoms with Gasteiger partial charge in [-0.15, -0.1) is 0 Å². The summed E-state index contributed by atoms with van der Waals surface area (Å²) >= 11 is 0. The van der Waals surface area contributed by atoms with Gasteiger partial charge < -0.3 is 15.1 Å². The summed E-state index contributed by atoms with van der Waals surface area (Å²) in [4.78, 5) is 65.6. The number of fused-ring (bicyclic) bond motifs is 1. The number of nitrogens with zero attached hydrogens (tertiary/aromatic N) is 3. The molecule has 1 N–H and O–H groups in total. The maximum absolute atomic E-state index is 12.7. The second kappa shape index (κ2) is 8.02. The second-order valence-corrected chi connectivity index (χ2v) is 7.20. The molecule has 0 aliphatic carbocycles. The Bertz CT molecular complexity index is 1080. The van der Waals surface area contributed by atoms with Gasteiger partial charge in [0.25, 0.3) is 11.8 Å². The lowest BCUT2D eigenvalue weighted by Crippen LogP contribution is -2.55. The number of hydrogen-bond donors (Lipinski definition) is 1. The van der Waals surface area contributed by atoms with Crippen LogP contribution in [0.25, 0.3) is 0 Å². The van der Waals surface area contributed by atoms with Crippen LogP contribution < -0.4 is 10.2 Å². The predicted octanol–water partition coefficient (Wildman–Crippen LogP) is 1.12. The maximum atomic E-state index is 12.7. The van der Waals surface area contributed by atoms with Crippen molar-refractivity contribution in [3.05, 3.63) is 59.7 Å². The highest BCUT2D eigenvalue weighted by Crippen LogP contribution is 2.29. The molecule has 2 aromatic carbocycles. The zero-order chi connectivity index (χ0) is 22.1. The van der Waals surface area contributed by atoms with Gasteiger partial charge in [-0.3, -0.25) is 24.0 Å². The van der Waals surface area contributed by atoms with Gasteiger partial charge in [-0.05, 0) is 37.3 Å². The van der Waals surface area contributed by atoms with E-state index in [2.05, 4.69) is 5.32 Å². The summed E-state index contributed by atoms with van der Waals surface area (Å²) in [5.41, 5.74) is 1.35. The van der Waals surface area contributed by atoms with Gasteiger partial charge in [0.15, 0.2) is 0 Å². The molecule has 9 heteroatoms. The number of rotatable bonds is 5. The Morgan fingerprint density at radius 1 is 0.839 bits per heavy atom. The number of nitrogens with one attached hydrogen (secondary N) is 1. The van der Waals surface area contributed by atoms with Crippen molar-refractivity contribution in [3.8, 4) is 0 Å². The molecule has 1 saturated heterocycles. The summed E-state index contributed by atoms with van der Waals surface area (Å²) < 4.78 is 0. The number of anilines is 2.